The monoisotopic (exact) mass is 279 g/mol. The van der Waals surface area contributed by atoms with Crippen molar-refractivity contribution in [3.05, 3.63) is 29.8 Å². The maximum atomic E-state index is 10.8. The molecule has 1 N–H and O–H groups in total. The highest BCUT2D eigenvalue weighted by molar-refractivity contribution is 5.67. The molecule has 0 saturated heterocycles. The summed E-state index contributed by atoms with van der Waals surface area (Å²) in [5.74, 6) is -0.779. The molecule has 0 spiro atoms. The average Bonchev–Trinajstić information content (AvgIpc) is 2.33. The lowest BCUT2D eigenvalue weighted by molar-refractivity contribution is -0.136. The molecule has 0 heterocycles. The number of carbonyl (C=O) groups is 1. The van der Waals surface area contributed by atoms with E-state index in [0.29, 0.717) is 19.7 Å². The quantitative estimate of drug-likeness (QED) is 0.833. The molecule has 0 amide bonds. The van der Waals surface area contributed by atoms with E-state index in [2.05, 4.69) is 4.90 Å². The Morgan fingerprint density at radius 2 is 1.80 bits per heavy atom. The molecule has 0 bridgehead atoms. The first-order valence-electron chi connectivity index (χ1n) is 6.95. The Labute approximate surface area is 121 Å². The van der Waals surface area contributed by atoms with Crippen LogP contribution in [0.15, 0.2) is 24.3 Å². The van der Waals surface area contributed by atoms with Crippen LogP contribution in [-0.4, -0.2) is 36.4 Å². The molecule has 0 atom stereocenters. The van der Waals surface area contributed by atoms with E-state index in [1.807, 2.05) is 52.0 Å². The van der Waals surface area contributed by atoms with E-state index in [0.717, 1.165) is 5.69 Å². The fraction of sp³-hybridized carbons (Fsp3) is 0.562. The summed E-state index contributed by atoms with van der Waals surface area (Å²) in [5.41, 5.74) is 2.05. The molecule has 0 aliphatic heterocycles. The molecular formula is C16H25NO3. The van der Waals surface area contributed by atoms with Crippen molar-refractivity contribution >= 4 is 11.7 Å². The number of hydrogen-bond donors (Lipinski definition) is 1. The van der Waals surface area contributed by atoms with E-state index in [1.54, 1.807) is 0 Å². The molecule has 0 radical (unpaired) electrons. The van der Waals surface area contributed by atoms with Gasteiger partial charge in [-0.05, 0) is 39.8 Å². The number of carboxylic acid groups (broad SMARTS) is 1. The smallest absolute Gasteiger partial charge is 0.305 e. The zero-order chi connectivity index (χ0) is 15.2. The minimum atomic E-state index is -0.779. The van der Waals surface area contributed by atoms with Gasteiger partial charge in [0, 0.05) is 18.8 Å². The zero-order valence-corrected chi connectivity index (χ0v) is 12.8. The van der Waals surface area contributed by atoms with Gasteiger partial charge < -0.3 is 14.7 Å². The summed E-state index contributed by atoms with van der Waals surface area (Å²) in [6.45, 7) is 9.84. The van der Waals surface area contributed by atoms with Crippen molar-refractivity contribution < 1.29 is 14.6 Å². The summed E-state index contributed by atoms with van der Waals surface area (Å²) in [7, 11) is 0. The minimum Gasteiger partial charge on any atom is -0.481 e. The van der Waals surface area contributed by atoms with E-state index in [4.69, 9.17) is 9.84 Å². The summed E-state index contributed by atoms with van der Waals surface area (Å²) in [6, 6.07) is 8.12. The molecule has 0 fully saturated rings. The molecule has 0 unspecified atom stereocenters. The molecule has 4 heteroatoms. The molecule has 1 aromatic carbocycles. The molecule has 20 heavy (non-hydrogen) atoms. The third-order valence-electron chi connectivity index (χ3n) is 2.89. The van der Waals surface area contributed by atoms with Crippen molar-refractivity contribution in [3.63, 3.8) is 0 Å². The molecule has 0 aromatic heterocycles. The van der Waals surface area contributed by atoms with Crippen LogP contribution in [0.4, 0.5) is 5.69 Å². The van der Waals surface area contributed by atoms with Gasteiger partial charge in [-0.25, -0.2) is 0 Å². The highest BCUT2D eigenvalue weighted by Crippen LogP contribution is 2.16. The number of carboxylic acids is 1. The summed E-state index contributed by atoms with van der Waals surface area (Å²) in [5, 5.41) is 8.85. The fourth-order valence-electron chi connectivity index (χ4n) is 1.82. The number of nitrogens with zero attached hydrogens (tertiary/aromatic N) is 1. The predicted molar refractivity (Wildman–Crippen MR) is 81.3 cm³/mol. The van der Waals surface area contributed by atoms with Gasteiger partial charge in [-0.3, -0.25) is 4.79 Å². The second-order valence-corrected chi connectivity index (χ2v) is 5.93. The van der Waals surface area contributed by atoms with Crippen LogP contribution in [0, 0.1) is 6.92 Å². The van der Waals surface area contributed by atoms with Crippen LogP contribution in [0.5, 0.6) is 0 Å². The average molecular weight is 279 g/mol. The van der Waals surface area contributed by atoms with E-state index in [-0.39, 0.29) is 12.0 Å². The molecule has 1 aromatic rings. The van der Waals surface area contributed by atoms with Crippen LogP contribution >= 0.6 is 0 Å². The normalized spacial score (nSPS) is 11.4. The van der Waals surface area contributed by atoms with Crippen LogP contribution < -0.4 is 4.90 Å². The number of aliphatic carboxylic acids is 1. The van der Waals surface area contributed by atoms with Crippen molar-refractivity contribution in [1.29, 1.82) is 0 Å². The van der Waals surface area contributed by atoms with Crippen LogP contribution in [0.3, 0.4) is 0 Å². The second-order valence-electron chi connectivity index (χ2n) is 5.93. The fourth-order valence-corrected chi connectivity index (χ4v) is 1.82. The Morgan fingerprint density at radius 3 is 2.30 bits per heavy atom. The predicted octanol–water partition coefficient (Wildman–Crippen LogP) is 3.09. The Hall–Kier alpha value is -1.55. The first-order valence-corrected chi connectivity index (χ1v) is 6.95. The SMILES string of the molecule is Cc1ccc(N(CCOC(C)(C)C)CCC(=O)O)cc1. The highest BCUT2D eigenvalue weighted by Gasteiger charge is 2.13. The molecule has 0 aliphatic carbocycles. The first kappa shape index (κ1) is 16.5. The number of benzene rings is 1. The van der Waals surface area contributed by atoms with Crippen molar-refractivity contribution in [2.75, 3.05) is 24.6 Å². The van der Waals surface area contributed by atoms with Gasteiger partial charge >= 0.3 is 5.97 Å². The Morgan fingerprint density at radius 1 is 1.20 bits per heavy atom. The van der Waals surface area contributed by atoms with E-state index < -0.39 is 5.97 Å². The molecule has 1 rings (SSSR count). The lowest BCUT2D eigenvalue weighted by Crippen LogP contribution is -2.32. The number of anilines is 1. The van der Waals surface area contributed by atoms with Gasteiger partial charge in [0.1, 0.15) is 0 Å². The van der Waals surface area contributed by atoms with Crippen molar-refractivity contribution in [2.24, 2.45) is 0 Å². The van der Waals surface area contributed by atoms with Gasteiger partial charge in [0.15, 0.2) is 0 Å². The van der Waals surface area contributed by atoms with Gasteiger partial charge in [-0.2, -0.15) is 0 Å². The Kier molecular flexibility index (Phi) is 6.02. The standard InChI is InChI=1S/C16H25NO3/c1-13-5-7-14(8-6-13)17(10-9-15(18)19)11-12-20-16(2,3)4/h5-8H,9-12H2,1-4H3,(H,18,19). The molecule has 112 valence electrons. The van der Waals surface area contributed by atoms with E-state index in [1.165, 1.54) is 5.56 Å². The van der Waals surface area contributed by atoms with E-state index >= 15 is 0 Å². The van der Waals surface area contributed by atoms with Gasteiger partial charge in [0.05, 0.1) is 18.6 Å². The lowest BCUT2D eigenvalue weighted by atomic mass is 10.2. The minimum absolute atomic E-state index is 0.128. The topological polar surface area (TPSA) is 49.8 Å². The van der Waals surface area contributed by atoms with Gasteiger partial charge in [0.25, 0.3) is 0 Å². The van der Waals surface area contributed by atoms with Gasteiger partial charge in [0.2, 0.25) is 0 Å². The van der Waals surface area contributed by atoms with Crippen molar-refractivity contribution in [2.45, 2.75) is 39.7 Å². The van der Waals surface area contributed by atoms with Crippen LogP contribution in [0.2, 0.25) is 0 Å². The Bertz CT molecular complexity index is 420. The second kappa shape index (κ2) is 7.29. The number of ether oxygens (including phenoxy) is 1. The highest BCUT2D eigenvalue weighted by atomic mass is 16.5. The van der Waals surface area contributed by atoms with Gasteiger partial charge in [-0.1, -0.05) is 17.7 Å². The van der Waals surface area contributed by atoms with E-state index in [9.17, 15) is 4.79 Å². The lowest BCUT2D eigenvalue weighted by Gasteiger charge is -2.27. The van der Waals surface area contributed by atoms with Crippen LogP contribution in [0.1, 0.15) is 32.8 Å². The first-order chi connectivity index (χ1) is 9.28. The summed E-state index contributed by atoms with van der Waals surface area (Å²) < 4.78 is 5.72. The maximum Gasteiger partial charge on any atom is 0.305 e. The Balaban J connectivity index is 2.64. The zero-order valence-electron chi connectivity index (χ0n) is 12.8. The number of aryl methyl sites for hydroxylation is 1. The number of rotatable bonds is 7. The maximum absolute atomic E-state index is 10.8. The van der Waals surface area contributed by atoms with Crippen molar-refractivity contribution in [1.82, 2.24) is 0 Å². The summed E-state index contributed by atoms with van der Waals surface area (Å²) in [6.07, 6.45) is 0.128. The molecular weight excluding hydrogens is 254 g/mol. The van der Waals surface area contributed by atoms with Gasteiger partial charge in [-0.15, -0.1) is 0 Å². The third kappa shape index (κ3) is 6.57. The number of hydrogen-bond acceptors (Lipinski definition) is 3. The summed E-state index contributed by atoms with van der Waals surface area (Å²) >= 11 is 0. The molecule has 4 nitrogen and oxygen atoms in total. The van der Waals surface area contributed by atoms with Crippen LogP contribution in [0.25, 0.3) is 0 Å². The largest absolute Gasteiger partial charge is 0.481 e. The summed E-state index contributed by atoms with van der Waals surface area (Å²) in [4.78, 5) is 12.8. The van der Waals surface area contributed by atoms with Crippen LogP contribution in [-0.2, 0) is 9.53 Å². The third-order valence-corrected chi connectivity index (χ3v) is 2.89. The molecule has 0 aliphatic rings. The molecule has 0 saturated carbocycles. The van der Waals surface area contributed by atoms with Crippen molar-refractivity contribution in [3.8, 4) is 0 Å².